The van der Waals surface area contributed by atoms with Gasteiger partial charge in [-0.15, -0.1) is 23.1 Å². The predicted molar refractivity (Wildman–Crippen MR) is 97.8 cm³/mol. The van der Waals surface area contributed by atoms with E-state index in [0.29, 0.717) is 0 Å². The summed E-state index contributed by atoms with van der Waals surface area (Å²) < 4.78 is 26.1. The van der Waals surface area contributed by atoms with E-state index < -0.39 is 0 Å². The number of hydrogen-bond acceptors (Lipinski definition) is 3. The third-order valence-electron chi connectivity index (χ3n) is 3.52. The first-order valence-corrected chi connectivity index (χ1v) is 9.45. The Hall–Kier alpha value is -2.18. The summed E-state index contributed by atoms with van der Waals surface area (Å²) in [5.74, 6) is -0.541. The minimum absolute atomic E-state index is 0.142. The van der Waals surface area contributed by atoms with Gasteiger partial charge in [0.05, 0.1) is 11.8 Å². The van der Waals surface area contributed by atoms with Gasteiger partial charge in [0, 0.05) is 9.77 Å². The molecule has 1 aromatic heterocycles. The van der Waals surface area contributed by atoms with Gasteiger partial charge >= 0.3 is 0 Å². The van der Waals surface area contributed by atoms with E-state index in [2.05, 4.69) is 5.32 Å². The highest BCUT2D eigenvalue weighted by Gasteiger charge is 2.18. The van der Waals surface area contributed by atoms with Crippen LogP contribution in [-0.4, -0.2) is 11.7 Å². The zero-order valence-corrected chi connectivity index (χ0v) is 14.7. The number of benzene rings is 2. The third-order valence-corrected chi connectivity index (χ3v) is 5.47. The van der Waals surface area contributed by atoms with E-state index in [1.165, 1.54) is 47.4 Å². The maximum absolute atomic E-state index is 13.2. The van der Waals surface area contributed by atoms with Gasteiger partial charge in [0.25, 0.3) is 0 Å². The van der Waals surface area contributed by atoms with E-state index in [9.17, 15) is 13.6 Å². The Morgan fingerprint density at radius 3 is 2.24 bits per heavy atom. The average molecular weight is 375 g/mol. The Kier molecular flexibility index (Phi) is 5.83. The van der Waals surface area contributed by atoms with Crippen LogP contribution in [0.4, 0.5) is 8.78 Å². The Morgan fingerprint density at radius 2 is 1.64 bits per heavy atom. The summed E-state index contributed by atoms with van der Waals surface area (Å²) in [7, 11) is 0. The molecule has 2 aromatic carbocycles. The number of thioether (sulfide) groups is 1. The second-order valence-corrected chi connectivity index (χ2v) is 7.34. The number of carbonyl (C=O) groups excluding carboxylic acids is 1. The SMILES string of the molecule is O=C(CSc1ccc(F)cc1)N[C@H](c1ccc(F)cc1)c1cccs1. The number of rotatable bonds is 6. The maximum Gasteiger partial charge on any atom is 0.231 e. The fourth-order valence-electron chi connectivity index (χ4n) is 2.31. The van der Waals surface area contributed by atoms with Crippen molar-refractivity contribution in [2.75, 3.05) is 5.75 Å². The predicted octanol–water partition coefficient (Wildman–Crippen LogP) is 5.02. The van der Waals surface area contributed by atoms with Crippen LogP contribution in [-0.2, 0) is 4.79 Å². The lowest BCUT2D eigenvalue weighted by Gasteiger charge is -2.18. The quantitative estimate of drug-likeness (QED) is 0.613. The van der Waals surface area contributed by atoms with Gasteiger partial charge in [0.2, 0.25) is 5.91 Å². The second-order valence-electron chi connectivity index (χ2n) is 5.31. The van der Waals surface area contributed by atoms with Crippen LogP contribution in [0.2, 0.25) is 0 Å². The lowest BCUT2D eigenvalue weighted by Crippen LogP contribution is -2.30. The molecule has 1 heterocycles. The van der Waals surface area contributed by atoms with Gasteiger partial charge < -0.3 is 5.32 Å². The first-order valence-electron chi connectivity index (χ1n) is 7.58. The monoisotopic (exact) mass is 375 g/mol. The summed E-state index contributed by atoms with van der Waals surface area (Å²) in [5, 5.41) is 4.93. The molecule has 3 rings (SSSR count). The first kappa shape index (κ1) is 17.6. The topological polar surface area (TPSA) is 29.1 Å². The van der Waals surface area contributed by atoms with Crippen LogP contribution in [0.5, 0.6) is 0 Å². The summed E-state index contributed by atoms with van der Waals surface area (Å²) in [5.41, 5.74) is 0.823. The molecule has 0 bridgehead atoms. The van der Waals surface area contributed by atoms with Crippen LogP contribution < -0.4 is 5.32 Å². The van der Waals surface area contributed by atoms with Gasteiger partial charge in [-0.2, -0.15) is 0 Å². The molecule has 0 aliphatic carbocycles. The normalized spacial score (nSPS) is 11.9. The standard InChI is InChI=1S/C19H15F2NOS2/c20-14-5-3-13(4-6-14)19(17-2-1-11-24-17)22-18(23)12-25-16-9-7-15(21)8-10-16/h1-11,19H,12H2,(H,22,23)/t19-/m1/s1. The van der Waals surface area contributed by atoms with Gasteiger partial charge in [-0.25, -0.2) is 8.78 Å². The van der Waals surface area contributed by atoms with E-state index in [0.717, 1.165) is 15.3 Å². The van der Waals surface area contributed by atoms with E-state index in [-0.39, 0.29) is 29.3 Å². The Bertz CT molecular complexity index is 818. The van der Waals surface area contributed by atoms with Crippen molar-refractivity contribution in [3.63, 3.8) is 0 Å². The van der Waals surface area contributed by atoms with Crippen molar-refractivity contribution >= 4 is 29.0 Å². The summed E-state index contributed by atoms with van der Waals surface area (Å²) in [4.78, 5) is 14.2. The number of amides is 1. The molecule has 0 unspecified atom stereocenters. The van der Waals surface area contributed by atoms with Crippen molar-refractivity contribution < 1.29 is 13.6 Å². The minimum atomic E-state index is -0.318. The third kappa shape index (κ3) is 4.90. The number of carbonyl (C=O) groups is 1. The van der Waals surface area contributed by atoms with Gasteiger partial charge in [0.15, 0.2) is 0 Å². The van der Waals surface area contributed by atoms with Crippen LogP contribution in [0.1, 0.15) is 16.5 Å². The van der Waals surface area contributed by atoms with Crippen LogP contribution in [0.15, 0.2) is 70.9 Å². The molecule has 2 nitrogen and oxygen atoms in total. The van der Waals surface area contributed by atoms with Crippen molar-refractivity contribution in [3.8, 4) is 0 Å². The second kappa shape index (κ2) is 8.27. The molecule has 3 aromatic rings. The summed E-state index contributed by atoms with van der Waals surface area (Å²) in [6, 6.07) is 15.7. The molecule has 1 amide bonds. The fourth-order valence-corrected chi connectivity index (χ4v) is 3.82. The average Bonchev–Trinajstić information content (AvgIpc) is 3.14. The smallest absolute Gasteiger partial charge is 0.231 e. The highest BCUT2D eigenvalue weighted by molar-refractivity contribution is 8.00. The summed E-state index contributed by atoms with van der Waals surface area (Å²) in [6.07, 6.45) is 0. The molecule has 128 valence electrons. The van der Waals surface area contributed by atoms with Crippen molar-refractivity contribution in [1.82, 2.24) is 5.32 Å². The highest BCUT2D eigenvalue weighted by atomic mass is 32.2. The molecule has 0 radical (unpaired) electrons. The number of nitrogens with one attached hydrogen (secondary N) is 1. The van der Waals surface area contributed by atoms with Gasteiger partial charge in [-0.3, -0.25) is 4.79 Å². The number of hydrogen-bond donors (Lipinski definition) is 1. The van der Waals surface area contributed by atoms with E-state index >= 15 is 0 Å². The molecule has 0 saturated carbocycles. The Labute approximate surface area is 152 Å². The zero-order valence-electron chi connectivity index (χ0n) is 13.1. The molecule has 0 spiro atoms. The molecular formula is C19H15F2NOS2. The van der Waals surface area contributed by atoms with Crippen molar-refractivity contribution in [2.45, 2.75) is 10.9 Å². The molecule has 0 fully saturated rings. The van der Waals surface area contributed by atoms with Crippen molar-refractivity contribution in [2.24, 2.45) is 0 Å². The van der Waals surface area contributed by atoms with Crippen molar-refractivity contribution in [1.29, 1.82) is 0 Å². The fraction of sp³-hybridized carbons (Fsp3) is 0.105. The molecular weight excluding hydrogens is 360 g/mol. The Balaban J connectivity index is 1.68. The van der Waals surface area contributed by atoms with E-state index in [1.807, 2.05) is 17.5 Å². The molecule has 1 atom stereocenters. The molecule has 6 heteroatoms. The van der Waals surface area contributed by atoms with Gasteiger partial charge in [-0.1, -0.05) is 18.2 Å². The van der Waals surface area contributed by atoms with Crippen molar-refractivity contribution in [3.05, 3.63) is 88.1 Å². The molecule has 0 saturated heterocycles. The van der Waals surface area contributed by atoms with Crippen LogP contribution in [0.25, 0.3) is 0 Å². The van der Waals surface area contributed by atoms with Crippen LogP contribution >= 0.6 is 23.1 Å². The molecule has 25 heavy (non-hydrogen) atoms. The number of halogens is 2. The Morgan fingerprint density at radius 1 is 1.00 bits per heavy atom. The molecule has 0 aliphatic rings. The molecule has 1 N–H and O–H groups in total. The zero-order chi connectivity index (χ0) is 17.6. The van der Waals surface area contributed by atoms with Gasteiger partial charge in [-0.05, 0) is 53.4 Å². The maximum atomic E-state index is 13.2. The lowest BCUT2D eigenvalue weighted by atomic mass is 10.1. The summed E-state index contributed by atoms with van der Waals surface area (Å²) in [6.45, 7) is 0. The number of thiophene rings is 1. The minimum Gasteiger partial charge on any atom is -0.344 e. The van der Waals surface area contributed by atoms with E-state index in [4.69, 9.17) is 0 Å². The lowest BCUT2D eigenvalue weighted by molar-refractivity contribution is -0.119. The highest BCUT2D eigenvalue weighted by Crippen LogP contribution is 2.27. The largest absolute Gasteiger partial charge is 0.344 e. The summed E-state index contributed by atoms with van der Waals surface area (Å²) >= 11 is 2.87. The van der Waals surface area contributed by atoms with Crippen LogP contribution in [0, 0.1) is 11.6 Å². The van der Waals surface area contributed by atoms with E-state index in [1.54, 1.807) is 24.3 Å². The first-order chi connectivity index (χ1) is 12.1. The molecule has 0 aliphatic heterocycles. The van der Waals surface area contributed by atoms with Gasteiger partial charge in [0.1, 0.15) is 11.6 Å². The van der Waals surface area contributed by atoms with Crippen LogP contribution in [0.3, 0.4) is 0 Å².